The van der Waals surface area contributed by atoms with E-state index in [9.17, 15) is 0 Å². The number of nitrogens with one attached hydrogen (secondary N) is 1. The van der Waals surface area contributed by atoms with Crippen LogP contribution in [0.4, 0.5) is 0 Å². The topological polar surface area (TPSA) is 12.0 Å². The lowest BCUT2D eigenvalue weighted by Crippen LogP contribution is -2.51. The minimum Gasteiger partial charge on any atom is -0.314 e. The van der Waals surface area contributed by atoms with Crippen molar-refractivity contribution in [1.82, 2.24) is 5.32 Å². The molecule has 1 aliphatic rings. The number of hydrogen-bond acceptors (Lipinski definition) is 1. The molecule has 1 heteroatoms. The highest BCUT2D eigenvalue weighted by Gasteiger charge is 2.40. The fourth-order valence-electron chi connectivity index (χ4n) is 2.26. The highest BCUT2D eigenvalue weighted by atomic mass is 14.9. The number of hydrogen-bond donors (Lipinski definition) is 1. The average Bonchev–Trinajstić information content (AvgIpc) is 2.06. The van der Waals surface area contributed by atoms with Gasteiger partial charge in [0.2, 0.25) is 0 Å². The zero-order valence-corrected chi connectivity index (χ0v) is 9.04. The minimum absolute atomic E-state index is 0.299. The van der Waals surface area contributed by atoms with E-state index in [2.05, 4.69) is 33.1 Å². The predicted molar refractivity (Wildman–Crippen MR) is 54.3 cm³/mol. The summed E-state index contributed by atoms with van der Waals surface area (Å²) >= 11 is 0. The fourth-order valence-corrected chi connectivity index (χ4v) is 2.26. The fraction of sp³-hybridized carbons (Fsp3) is 1.00. The lowest BCUT2D eigenvalue weighted by Gasteiger charge is -2.47. The molecule has 72 valence electrons. The molecule has 0 spiro atoms. The van der Waals surface area contributed by atoms with Gasteiger partial charge in [0.05, 0.1) is 0 Å². The van der Waals surface area contributed by atoms with Gasteiger partial charge in [0.15, 0.2) is 0 Å². The maximum absolute atomic E-state index is 3.45. The molecule has 0 radical (unpaired) electrons. The summed E-state index contributed by atoms with van der Waals surface area (Å²) in [5, 5.41) is 3.45. The maximum Gasteiger partial charge on any atom is 0.0175 e. The SMILES string of the molecule is CNC(C)(C)C1(C)CCCCC1. The summed E-state index contributed by atoms with van der Waals surface area (Å²) in [6.07, 6.45) is 7.06. The van der Waals surface area contributed by atoms with Crippen molar-refractivity contribution >= 4 is 0 Å². The van der Waals surface area contributed by atoms with Crippen LogP contribution < -0.4 is 5.32 Å². The molecule has 0 amide bonds. The van der Waals surface area contributed by atoms with E-state index in [0.717, 1.165) is 0 Å². The minimum atomic E-state index is 0.299. The second-order valence-corrected chi connectivity index (χ2v) is 5.00. The van der Waals surface area contributed by atoms with Gasteiger partial charge in [-0.3, -0.25) is 0 Å². The Kier molecular flexibility index (Phi) is 2.82. The first kappa shape index (κ1) is 10.0. The lowest BCUT2D eigenvalue weighted by molar-refractivity contribution is 0.0886. The van der Waals surface area contributed by atoms with Crippen LogP contribution in [0.25, 0.3) is 0 Å². The van der Waals surface area contributed by atoms with Gasteiger partial charge in [-0.25, -0.2) is 0 Å². The first-order valence-corrected chi connectivity index (χ1v) is 5.21. The Bertz CT molecular complexity index is 143. The third-order valence-electron chi connectivity index (χ3n) is 4.09. The smallest absolute Gasteiger partial charge is 0.0175 e. The molecule has 12 heavy (non-hydrogen) atoms. The molecule has 1 aliphatic carbocycles. The van der Waals surface area contributed by atoms with Crippen molar-refractivity contribution < 1.29 is 0 Å². The van der Waals surface area contributed by atoms with E-state index in [1.54, 1.807) is 0 Å². The van der Waals surface area contributed by atoms with Crippen LogP contribution in [0.1, 0.15) is 52.9 Å². The zero-order valence-electron chi connectivity index (χ0n) is 9.04. The monoisotopic (exact) mass is 169 g/mol. The van der Waals surface area contributed by atoms with Crippen LogP contribution in [0, 0.1) is 5.41 Å². The van der Waals surface area contributed by atoms with Crippen LogP contribution in [-0.2, 0) is 0 Å². The van der Waals surface area contributed by atoms with Gasteiger partial charge in [0.1, 0.15) is 0 Å². The van der Waals surface area contributed by atoms with Crippen molar-refractivity contribution in [2.75, 3.05) is 7.05 Å². The van der Waals surface area contributed by atoms with Crippen LogP contribution >= 0.6 is 0 Å². The molecule has 0 aromatic carbocycles. The summed E-state index contributed by atoms with van der Waals surface area (Å²) < 4.78 is 0. The second-order valence-electron chi connectivity index (χ2n) is 5.00. The van der Waals surface area contributed by atoms with E-state index in [-0.39, 0.29) is 0 Å². The molecule has 0 saturated heterocycles. The Balaban J connectivity index is 2.68. The van der Waals surface area contributed by atoms with Crippen molar-refractivity contribution in [3.63, 3.8) is 0 Å². The van der Waals surface area contributed by atoms with Crippen molar-refractivity contribution in [3.8, 4) is 0 Å². The van der Waals surface area contributed by atoms with Gasteiger partial charge < -0.3 is 5.32 Å². The Morgan fingerprint density at radius 2 is 1.58 bits per heavy atom. The average molecular weight is 169 g/mol. The first-order valence-electron chi connectivity index (χ1n) is 5.21. The van der Waals surface area contributed by atoms with Crippen LogP contribution in [0.3, 0.4) is 0 Å². The lowest BCUT2D eigenvalue weighted by atomic mass is 9.64. The van der Waals surface area contributed by atoms with E-state index in [0.29, 0.717) is 11.0 Å². The van der Waals surface area contributed by atoms with Gasteiger partial charge in [-0.1, -0.05) is 26.2 Å². The van der Waals surface area contributed by atoms with Gasteiger partial charge in [0.25, 0.3) is 0 Å². The zero-order chi connectivity index (χ0) is 9.24. The van der Waals surface area contributed by atoms with E-state index in [1.165, 1.54) is 32.1 Å². The molecule has 1 fully saturated rings. The van der Waals surface area contributed by atoms with Crippen LogP contribution in [0.15, 0.2) is 0 Å². The van der Waals surface area contributed by atoms with Gasteiger partial charge in [0, 0.05) is 5.54 Å². The summed E-state index contributed by atoms with van der Waals surface area (Å²) in [5.41, 5.74) is 0.813. The van der Waals surface area contributed by atoms with E-state index in [1.807, 2.05) is 0 Å². The third-order valence-corrected chi connectivity index (χ3v) is 4.09. The van der Waals surface area contributed by atoms with E-state index < -0.39 is 0 Å². The quantitative estimate of drug-likeness (QED) is 0.670. The second kappa shape index (κ2) is 3.37. The molecule has 0 bridgehead atoms. The summed E-state index contributed by atoms with van der Waals surface area (Å²) in [4.78, 5) is 0. The van der Waals surface area contributed by atoms with Gasteiger partial charge in [-0.05, 0) is 39.2 Å². The predicted octanol–water partition coefficient (Wildman–Crippen LogP) is 2.95. The van der Waals surface area contributed by atoms with E-state index in [4.69, 9.17) is 0 Å². The summed E-state index contributed by atoms with van der Waals surface area (Å²) in [5.74, 6) is 0. The molecule has 1 nitrogen and oxygen atoms in total. The van der Waals surface area contributed by atoms with Crippen molar-refractivity contribution in [2.24, 2.45) is 5.41 Å². The normalized spacial score (nSPS) is 24.0. The van der Waals surface area contributed by atoms with Crippen LogP contribution in [0.2, 0.25) is 0 Å². The first-order chi connectivity index (χ1) is 5.52. The number of rotatable bonds is 2. The molecule has 1 N–H and O–H groups in total. The highest BCUT2D eigenvalue weighted by Crippen LogP contribution is 2.43. The standard InChI is InChI=1S/C11H23N/c1-10(2,12-4)11(3)8-6-5-7-9-11/h12H,5-9H2,1-4H3. The van der Waals surface area contributed by atoms with Crippen LogP contribution in [0.5, 0.6) is 0 Å². The summed E-state index contributed by atoms with van der Waals surface area (Å²) in [7, 11) is 2.08. The molecule has 0 aliphatic heterocycles. The van der Waals surface area contributed by atoms with Gasteiger partial charge in [-0.2, -0.15) is 0 Å². The Morgan fingerprint density at radius 1 is 1.08 bits per heavy atom. The molecule has 1 rings (SSSR count). The Morgan fingerprint density at radius 3 is 2.00 bits per heavy atom. The maximum atomic E-state index is 3.45. The Labute approximate surface area is 76.9 Å². The molecule has 0 aromatic heterocycles. The van der Waals surface area contributed by atoms with Crippen molar-refractivity contribution in [3.05, 3.63) is 0 Å². The largest absolute Gasteiger partial charge is 0.314 e. The molecule has 0 unspecified atom stereocenters. The molecular formula is C11H23N. The highest BCUT2D eigenvalue weighted by molar-refractivity contribution is 4.96. The van der Waals surface area contributed by atoms with Gasteiger partial charge in [-0.15, -0.1) is 0 Å². The van der Waals surface area contributed by atoms with Crippen molar-refractivity contribution in [1.29, 1.82) is 0 Å². The van der Waals surface area contributed by atoms with Crippen molar-refractivity contribution in [2.45, 2.75) is 58.4 Å². The summed E-state index contributed by atoms with van der Waals surface area (Å²) in [6, 6.07) is 0. The molecular weight excluding hydrogens is 146 g/mol. The third kappa shape index (κ3) is 1.66. The molecule has 1 saturated carbocycles. The molecule has 0 aromatic rings. The molecule has 0 heterocycles. The van der Waals surface area contributed by atoms with Gasteiger partial charge >= 0.3 is 0 Å². The molecule has 0 atom stereocenters. The summed E-state index contributed by atoms with van der Waals surface area (Å²) in [6.45, 7) is 7.10. The van der Waals surface area contributed by atoms with E-state index >= 15 is 0 Å². The van der Waals surface area contributed by atoms with Crippen LogP contribution in [-0.4, -0.2) is 12.6 Å². The Hall–Kier alpha value is -0.0400.